The molecule has 36 heavy (non-hydrogen) atoms. The summed E-state index contributed by atoms with van der Waals surface area (Å²) < 4.78 is 31.6. The number of aromatic nitrogens is 4. The number of benzene rings is 1. The highest BCUT2D eigenvalue weighted by Crippen LogP contribution is 2.28. The Bertz CT molecular complexity index is 1350. The SMILES string of the molecule is CNS(=O)(=O)O[C@@H]1C[C@@H](Nc2ncncc2C(=O)c2ccn(CC(=O)c3ccccc3)n2)[C@H](O)[C@H]1O. The highest BCUT2D eigenvalue weighted by atomic mass is 32.2. The van der Waals surface area contributed by atoms with Crippen LogP contribution in [-0.2, 0) is 21.0 Å². The van der Waals surface area contributed by atoms with Crippen LogP contribution in [0.25, 0.3) is 0 Å². The molecule has 1 aliphatic carbocycles. The Hall–Kier alpha value is -3.56. The van der Waals surface area contributed by atoms with E-state index in [1.54, 1.807) is 30.3 Å². The first kappa shape index (κ1) is 25.5. The van der Waals surface area contributed by atoms with Gasteiger partial charge in [-0.25, -0.2) is 9.97 Å². The third-order valence-corrected chi connectivity index (χ3v) is 6.68. The van der Waals surface area contributed by atoms with E-state index in [9.17, 15) is 28.2 Å². The number of aliphatic hydroxyl groups excluding tert-OH is 2. The molecule has 0 saturated heterocycles. The first-order valence-electron chi connectivity index (χ1n) is 10.9. The van der Waals surface area contributed by atoms with Gasteiger partial charge >= 0.3 is 10.3 Å². The number of Topliss-reactive ketones (excluding diaryl/α,β-unsaturated/α-hetero) is 1. The summed E-state index contributed by atoms with van der Waals surface area (Å²) >= 11 is 0. The van der Waals surface area contributed by atoms with Gasteiger partial charge in [0.05, 0.1) is 11.6 Å². The van der Waals surface area contributed by atoms with Crippen LogP contribution in [0, 0.1) is 0 Å². The quantitative estimate of drug-likeness (QED) is 0.256. The number of carbonyl (C=O) groups is 2. The van der Waals surface area contributed by atoms with Crippen molar-refractivity contribution in [1.29, 1.82) is 0 Å². The number of rotatable bonds is 10. The monoisotopic (exact) mass is 516 g/mol. The van der Waals surface area contributed by atoms with Gasteiger partial charge in [0.2, 0.25) is 5.78 Å². The second-order valence-electron chi connectivity index (χ2n) is 8.06. The van der Waals surface area contributed by atoms with Crippen molar-refractivity contribution in [1.82, 2.24) is 24.5 Å². The van der Waals surface area contributed by atoms with Crippen molar-refractivity contribution in [2.45, 2.75) is 37.3 Å². The molecule has 1 aliphatic rings. The Morgan fingerprint density at radius 3 is 2.64 bits per heavy atom. The lowest BCUT2D eigenvalue weighted by atomic mass is 10.1. The molecule has 1 fully saturated rings. The third kappa shape index (κ3) is 5.63. The van der Waals surface area contributed by atoms with Crippen LogP contribution in [0.3, 0.4) is 0 Å². The number of carbonyl (C=O) groups excluding carboxylic acids is 2. The number of aliphatic hydroxyl groups is 2. The molecule has 1 aromatic carbocycles. The Labute approximate surface area is 206 Å². The molecule has 0 bridgehead atoms. The molecule has 4 N–H and O–H groups in total. The summed E-state index contributed by atoms with van der Waals surface area (Å²) in [6.07, 6.45) is -0.235. The highest BCUT2D eigenvalue weighted by molar-refractivity contribution is 7.84. The van der Waals surface area contributed by atoms with Crippen LogP contribution in [0.2, 0.25) is 0 Å². The molecule has 13 nitrogen and oxygen atoms in total. The number of nitrogens with one attached hydrogen (secondary N) is 2. The summed E-state index contributed by atoms with van der Waals surface area (Å²) in [6, 6.07) is 9.27. The van der Waals surface area contributed by atoms with Crippen LogP contribution in [0.1, 0.15) is 32.8 Å². The van der Waals surface area contributed by atoms with Gasteiger partial charge < -0.3 is 15.5 Å². The van der Waals surface area contributed by atoms with E-state index >= 15 is 0 Å². The zero-order valence-corrected chi connectivity index (χ0v) is 19.9. The van der Waals surface area contributed by atoms with Crippen LogP contribution in [0.15, 0.2) is 55.1 Å². The number of hydrogen-bond donors (Lipinski definition) is 4. The van der Waals surface area contributed by atoms with Gasteiger partial charge in [-0.2, -0.15) is 18.2 Å². The van der Waals surface area contributed by atoms with E-state index < -0.39 is 40.4 Å². The molecule has 4 rings (SSSR count). The van der Waals surface area contributed by atoms with Gasteiger partial charge in [0, 0.05) is 31.4 Å². The number of anilines is 1. The van der Waals surface area contributed by atoms with Crippen molar-refractivity contribution in [3.05, 3.63) is 71.9 Å². The van der Waals surface area contributed by atoms with E-state index in [4.69, 9.17) is 4.18 Å². The molecule has 4 atom stereocenters. The summed E-state index contributed by atoms with van der Waals surface area (Å²) in [5, 5.41) is 27.7. The molecule has 190 valence electrons. The van der Waals surface area contributed by atoms with Crippen LogP contribution in [-0.4, -0.2) is 81.3 Å². The first-order chi connectivity index (χ1) is 17.2. The molecular formula is C22H24N6O7S. The van der Waals surface area contributed by atoms with Gasteiger partial charge in [0.1, 0.15) is 42.7 Å². The van der Waals surface area contributed by atoms with Gasteiger partial charge in [0.25, 0.3) is 0 Å². The summed E-state index contributed by atoms with van der Waals surface area (Å²) in [4.78, 5) is 33.5. The zero-order chi connectivity index (χ0) is 25.9. The minimum absolute atomic E-state index is 0.0334. The van der Waals surface area contributed by atoms with E-state index in [-0.39, 0.29) is 35.8 Å². The number of ketones is 2. The highest BCUT2D eigenvalue weighted by Gasteiger charge is 2.44. The minimum Gasteiger partial charge on any atom is -0.388 e. The van der Waals surface area contributed by atoms with E-state index in [0.717, 1.165) is 7.05 Å². The fourth-order valence-electron chi connectivity index (χ4n) is 3.80. The molecule has 2 aromatic heterocycles. The lowest BCUT2D eigenvalue weighted by Gasteiger charge is -2.19. The van der Waals surface area contributed by atoms with E-state index in [1.807, 2.05) is 4.72 Å². The van der Waals surface area contributed by atoms with Crippen molar-refractivity contribution in [2.24, 2.45) is 0 Å². The smallest absolute Gasteiger partial charge is 0.335 e. The average Bonchev–Trinajstić information content (AvgIpc) is 3.44. The van der Waals surface area contributed by atoms with E-state index in [0.29, 0.717) is 5.56 Å². The summed E-state index contributed by atoms with van der Waals surface area (Å²) in [5.41, 5.74) is 0.596. The van der Waals surface area contributed by atoms with Gasteiger partial charge in [-0.05, 0) is 6.07 Å². The lowest BCUT2D eigenvalue weighted by Crippen LogP contribution is -2.38. The first-order valence-corrected chi connectivity index (χ1v) is 12.3. The van der Waals surface area contributed by atoms with Crippen molar-refractivity contribution >= 4 is 27.7 Å². The molecule has 3 aromatic rings. The fraction of sp³-hybridized carbons (Fsp3) is 0.318. The number of hydrogen-bond acceptors (Lipinski definition) is 11. The fourth-order valence-corrected chi connectivity index (χ4v) is 4.41. The van der Waals surface area contributed by atoms with Gasteiger partial charge in [0.15, 0.2) is 5.78 Å². The third-order valence-electron chi connectivity index (χ3n) is 5.68. The Morgan fingerprint density at radius 2 is 1.92 bits per heavy atom. The van der Waals surface area contributed by atoms with Crippen LogP contribution in [0.5, 0.6) is 0 Å². The van der Waals surface area contributed by atoms with Gasteiger partial charge in [-0.15, -0.1) is 0 Å². The maximum Gasteiger partial charge on any atom is 0.335 e. The Morgan fingerprint density at radius 1 is 1.17 bits per heavy atom. The van der Waals surface area contributed by atoms with Gasteiger partial charge in [-0.3, -0.25) is 18.5 Å². The minimum atomic E-state index is -4.10. The zero-order valence-electron chi connectivity index (χ0n) is 19.1. The normalized spacial score (nSPS) is 21.9. The largest absolute Gasteiger partial charge is 0.388 e. The predicted molar refractivity (Wildman–Crippen MR) is 125 cm³/mol. The maximum atomic E-state index is 13.1. The molecule has 14 heteroatoms. The van der Waals surface area contributed by atoms with Crippen molar-refractivity contribution in [2.75, 3.05) is 12.4 Å². The standard InChI is InChI=1S/C22H24N6O7S/c1-23-36(33,34)35-18-9-16(20(31)21(18)32)26-22-14(10-24-12-25-22)19(30)15-7-8-28(27-15)11-17(29)13-5-3-2-4-6-13/h2-8,10,12,16,18,20-21,23,31-32H,9,11H2,1H3,(H,24,25,26)/t16-,18-,20+,21+/m1/s1. The van der Waals surface area contributed by atoms with Crippen LogP contribution >= 0.6 is 0 Å². The second-order valence-corrected chi connectivity index (χ2v) is 9.57. The Kier molecular flexibility index (Phi) is 7.51. The van der Waals surface area contributed by atoms with E-state index in [1.165, 1.54) is 29.5 Å². The lowest BCUT2D eigenvalue weighted by molar-refractivity contribution is -0.00882. The molecule has 2 heterocycles. The van der Waals surface area contributed by atoms with Gasteiger partial charge in [-0.1, -0.05) is 30.3 Å². The van der Waals surface area contributed by atoms with Crippen molar-refractivity contribution < 1.29 is 32.4 Å². The molecule has 0 spiro atoms. The van der Waals surface area contributed by atoms with Crippen LogP contribution in [0.4, 0.5) is 5.82 Å². The predicted octanol–water partition coefficient (Wildman–Crippen LogP) is -0.458. The molecule has 1 saturated carbocycles. The maximum absolute atomic E-state index is 13.1. The molecule has 0 unspecified atom stereocenters. The van der Waals surface area contributed by atoms with Crippen molar-refractivity contribution in [3.63, 3.8) is 0 Å². The summed E-state index contributed by atoms with van der Waals surface area (Å²) in [6.45, 7) is -0.0588. The summed E-state index contributed by atoms with van der Waals surface area (Å²) in [7, 11) is -2.95. The average molecular weight is 517 g/mol. The Balaban J connectivity index is 1.48. The summed E-state index contributed by atoms with van der Waals surface area (Å²) in [5.74, 6) is -0.658. The molecule has 0 aliphatic heterocycles. The number of nitrogens with zero attached hydrogens (tertiary/aromatic N) is 4. The second kappa shape index (κ2) is 10.6. The van der Waals surface area contributed by atoms with Crippen molar-refractivity contribution in [3.8, 4) is 0 Å². The topological polar surface area (TPSA) is 186 Å². The van der Waals surface area contributed by atoms with E-state index in [2.05, 4.69) is 20.4 Å². The molecule has 0 radical (unpaired) electrons. The molecule has 0 amide bonds. The molecular weight excluding hydrogens is 492 g/mol. The van der Waals surface area contributed by atoms with Crippen LogP contribution < -0.4 is 10.0 Å².